The number of fused-ring (bicyclic) bond motifs is 1. The van der Waals surface area contributed by atoms with E-state index in [0.29, 0.717) is 28.1 Å². The highest BCUT2D eigenvalue weighted by Crippen LogP contribution is 2.25. The van der Waals surface area contributed by atoms with Crippen LogP contribution in [0.2, 0.25) is 0 Å². The Balaban J connectivity index is 2.29. The number of hydrogen-bond donors (Lipinski definition) is 2. The fraction of sp³-hybridized carbons (Fsp3) is 0.364. The Labute approximate surface area is 109 Å². The van der Waals surface area contributed by atoms with Crippen LogP contribution in [-0.2, 0) is 0 Å². The van der Waals surface area contributed by atoms with Crippen LogP contribution in [0.5, 0.6) is 0 Å². The van der Waals surface area contributed by atoms with Gasteiger partial charge < -0.3 is 15.4 Å². The highest BCUT2D eigenvalue weighted by molar-refractivity contribution is 5.91. The molecule has 2 aromatic rings. The van der Waals surface area contributed by atoms with Gasteiger partial charge in [0.1, 0.15) is 5.52 Å². The number of aromatic nitrogens is 2. The third kappa shape index (κ3) is 2.74. The number of nitro benzene ring substituents is 1. The van der Waals surface area contributed by atoms with Gasteiger partial charge in [0.25, 0.3) is 5.69 Å². The third-order valence-electron chi connectivity index (χ3n) is 2.70. The first-order valence-corrected chi connectivity index (χ1v) is 5.74. The summed E-state index contributed by atoms with van der Waals surface area (Å²) in [5.74, 6) is 0.437. The average molecular weight is 265 g/mol. The Kier molecular flexibility index (Phi) is 3.52. The van der Waals surface area contributed by atoms with E-state index in [1.807, 2.05) is 19.0 Å². The summed E-state index contributed by atoms with van der Waals surface area (Å²) >= 11 is 0. The van der Waals surface area contributed by atoms with Gasteiger partial charge in [0, 0.05) is 30.6 Å². The quantitative estimate of drug-likeness (QED) is 0.478. The second kappa shape index (κ2) is 5.11. The Morgan fingerprint density at radius 2 is 2.26 bits per heavy atom. The first-order chi connectivity index (χ1) is 8.99. The Morgan fingerprint density at radius 1 is 1.53 bits per heavy atom. The van der Waals surface area contributed by atoms with Crippen LogP contribution in [0.1, 0.15) is 0 Å². The lowest BCUT2D eigenvalue weighted by Gasteiger charge is -2.10. The molecule has 0 fully saturated rings. The van der Waals surface area contributed by atoms with E-state index in [-0.39, 0.29) is 5.69 Å². The van der Waals surface area contributed by atoms with Crippen LogP contribution in [-0.4, -0.2) is 52.2 Å². The van der Waals surface area contributed by atoms with E-state index in [9.17, 15) is 15.3 Å². The predicted molar refractivity (Wildman–Crippen MR) is 70.6 cm³/mol. The number of non-ortho nitro benzene ring substituents is 1. The van der Waals surface area contributed by atoms with Gasteiger partial charge in [-0.3, -0.25) is 10.1 Å². The van der Waals surface area contributed by atoms with Crippen molar-refractivity contribution >= 4 is 22.4 Å². The number of nitro groups is 1. The second-order valence-electron chi connectivity index (χ2n) is 4.43. The zero-order valence-corrected chi connectivity index (χ0v) is 10.7. The molecule has 0 saturated carbocycles. The lowest BCUT2D eigenvalue weighted by molar-refractivity contribution is -0.384. The van der Waals surface area contributed by atoms with Gasteiger partial charge in [0.15, 0.2) is 5.82 Å². The predicted octanol–water partition coefficient (Wildman–Crippen LogP) is 1.16. The van der Waals surface area contributed by atoms with Crippen LogP contribution in [0, 0.1) is 10.1 Å². The van der Waals surface area contributed by atoms with E-state index in [1.54, 1.807) is 6.07 Å². The summed E-state index contributed by atoms with van der Waals surface area (Å²) in [5.41, 5.74) is 0.328. The summed E-state index contributed by atoms with van der Waals surface area (Å²) in [6.45, 7) is 1.42. The lowest BCUT2D eigenvalue weighted by Crippen LogP contribution is -2.21. The van der Waals surface area contributed by atoms with E-state index < -0.39 is 4.92 Å². The molecule has 19 heavy (non-hydrogen) atoms. The molecule has 8 nitrogen and oxygen atoms in total. The number of benzene rings is 1. The molecule has 8 heteroatoms. The number of nitrogens with one attached hydrogen (secondary N) is 1. The molecular weight excluding hydrogens is 250 g/mol. The van der Waals surface area contributed by atoms with E-state index in [1.165, 1.54) is 12.1 Å². The molecule has 0 saturated heterocycles. The lowest BCUT2D eigenvalue weighted by atomic mass is 10.2. The summed E-state index contributed by atoms with van der Waals surface area (Å²) in [4.78, 5) is 12.9. The topological polar surface area (TPSA) is 96.5 Å². The van der Waals surface area contributed by atoms with Crippen molar-refractivity contribution in [1.82, 2.24) is 14.8 Å². The summed E-state index contributed by atoms with van der Waals surface area (Å²) in [6.07, 6.45) is 0. The maximum absolute atomic E-state index is 10.7. The SMILES string of the molecule is CN(C)CCNc1c2ccc([N+](=O)[O-])cc2nn1O. The first kappa shape index (κ1) is 13.1. The van der Waals surface area contributed by atoms with Crippen molar-refractivity contribution in [3.63, 3.8) is 0 Å². The van der Waals surface area contributed by atoms with Crippen molar-refractivity contribution in [2.24, 2.45) is 0 Å². The average Bonchev–Trinajstić information content (AvgIpc) is 2.64. The molecule has 0 radical (unpaired) electrons. The van der Waals surface area contributed by atoms with Crippen molar-refractivity contribution < 1.29 is 10.1 Å². The van der Waals surface area contributed by atoms with Crippen LogP contribution >= 0.6 is 0 Å². The van der Waals surface area contributed by atoms with Crippen molar-refractivity contribution in [2.45, 2.75) is 0 Å². The molecule has 102 valence electrons. The molecule has 2 rings (SSSR count). The van der Waals surface area contributed by atoms with Crippen LogP contribution in [0.15, 0.2) is 18.2 Å². The van der Waals surface area contributed by atoms with Crippen LogP contribution in [0.25, 0.3) is 10.9 Å². The molecule has 0 aliphatic heterocycles. The summed E-state index contributed by atoms with van der Waals surface area (Å²) < 4.78 is 0. The summed E-state index contributed by atoms with van der Waals surface area (Å²) in [5, 5.41) is 27.9. The fourth-order valence-corrected chi connectivity index (χ4v) is 1.74. The first-order valence-electron chi connectivity index (χ1n) is 5.74. The monoisotopic (exact) mass is 265 g/mol. The minimum absolute atomic E-state index is 0.0505. The van der Waals surface area contributed by atoms with Crippen molar-refractivity contribution in [2.75, 3.05) is 32.5 Å². The summed E-state index contributed by atoms with van der Waals surface area (Å²) in [7, 11) is 3.89. The van der Waals surface area contributed by atoms with Crippen LogP contribution < -0.4 is 5.32 Å². The largest absolute Gasteiger partial charge is 0.410 e. The van der Waals surface area contributed by atoms with Crippen LogP contribution in [0.3, 0.4) is 0 Å². The van der Waals surface area contributed by atoms with Crippen molar-refractivity contribution in [3.05, 3.63) is 28.3 Å². The molecular formula is C11H15N5O3. The second-order valence-corrected chi connectivity index (χ2v) is 4.43. The van der Waals surface area contributed by atoms with E-state index in [2.05, 4.69) is 10.4 Å². The van der Waals surface area contributed by atoms with E-state index in [4.69, 9.17) is 0 Å². The highest BCUT2D eigenvalue weighted by atomic mass is 16.6. The number of anilines is 1. The zero-order valence-electron chi connectivity index (χ0n) is 10.7. The molecule has 0 bridgehead atoms. The number of hydrogen-bond acceptors (Lipinski definition) is 6. The van der Waals surface area contributed by atoms with Gasteiger partial charge in [-0.1, -0.05) is 4.85 Å². The Morgan fingerprint density at radius 3 is 2.89 bits per heavy atom. The maximum atomic E-state index is 10.7. The van der Waals surface area contributed by atoms with Crippen molar-refractivity contribution in [1.29, 1.82) is 0 Å². The van der Waals surface area contributed by atoms with Gasteiger partial charge in [-0.15, -0.1) is 5.10 Å². The van der Waals surface area contributed by atoms with Crippen LogP contribution in [0.4, 0.5) is 11.5 Å². The summed E-state index contributed by atoms with van der Waals surface area (Å²) in [6, 6.07) is 4.30. The van der Waals surface area contributed by atoms with Gasteiger partial charge in [0.05, 0.1) is 4.92 Å². The van der Waals surface area contributed by atoms with E-state index in [0.717, 1.165) is 6.54 Å². The van der Waals surface area contributed by atoms with Gasteiger partial charge in [-0.2, -0.15) is 0 Å². The van der Waals surface area contributed by atoms with Crippen molar-refractivity contribution in [3.8, 4) is 0 Å². The molecule has 0 spiro atoms. The van der Waals surface area contributed by atoms with Gasteiger partial charge in [-0.25, -0.2) is 0 Å². The molecule has 0 unspecified atom stereocenters. The molecule has 0 amide bonds. The smallest absolute Gasteiger partial charge is 0.271 e. The fourth-order valence-electron chi connectivity index (χ4n) is 1.74. The molecule has 0 atom stereocenters. The Hall–Kier alpha value is -2.35. The minimum Gasteiger partial charge on any atom is -0.410 e. The van der Waals surface area contributed by atoms with Gasteiger partial charge in [-0.05, 0) is 20.2 Å². The molecule has 0 aliphatic carbocycles. The third-order valence-corrected chi connectivity index (χ3v) is 2.70. The molecule has 1 heterocycles. The number of likely N-dealkylation sites (N-methyl/N-ethyl adjacent to an activating group) is 1. The normalized spacial score (nSPS) is 11.1. The highest BCUT2D eigenvalue weighted by Gasteiger charge is 2.14. The Bertz CT molecular complexity index is 608. The van der Waals surface area contributed by atoms with E-state index >= 15 is 0 Å². The molecule has 0 aliphatic rings. The molecule has 1 aromatic carbocycles. The molecule has 1 aromatic heterocycles. The minimum atomic E-state index is -0.491. The number of nitrogens with zero attached hydrogens (tertiary/aromatic N) is 4. The maximum Gasteiger partial charge on any atom is 0.271 e. The number of rotatable bonds is 5. The standard InChI is InChI=1S/C11H15N5O3/c1-14(2)6-5-12-11-9-4-3-8(16(18)19)7-10(9)13-15(11)17/h3-4,7,12,17H,5-6H2,1-2H3. The zero-order chi connectivity index (χ0) is 14.0. The molecule has 2 N–H and O–H groups in total. The van der Waals surface area contributed by atoms with Gasteiger partial charge in [0.2, 0.25) is 0 Å². The van der Waals surface area contributed by atoms with Gasteiger partial charge >= 0.3 is 0 Å².